The van der Waals surface area contributed by atoms with Gasteiger partial charge in [0.1, 0.15) is 17.1 Å². The number of fused-ring (bicyclic) bond motifs is 1. The molecule has 0 unspecified atom stereocenters. The molecule has 0 N–H and O–H groups in total. The second kappa shape index (κ2) is 7.15. The van der Waals surface area contributed by atoms with Gasteiger partial charge in [0, 0.05) is 25.9 Å². The largest absolute Gasteiger partial charge is 0.497 e. The Kier molecular flexibility index (Phi) is 4.91. The van der Waals surface area contributed by atoms with Crippen LogP contribution in [0.25, 0.3) is 0 Å². The number of methoxy groups -OCH3 is 1. The van der Waals surface area contributed by atoms with Gasteiger partial charge in [-0.1, -0.05) is 6.07 Å². The van der Waals surface area contributed by atoms with Crippen LogP contribution in [0.2, 0.25) is 0 Å². The summed E-state index contributed by atoms with van der Waals surface area (Å²) in [7, 11) is -2.05. The predicted molar refractivity (Wildman–Crippen MR) is 109 cm³/mol. The number of benzene rings is 2. The van der Waals surface area contributed by atoms with Crippen LogP contribution < -0.4 is 9.47 Å². The zero-order chi connectivity index (χ0) is 20.8. The number of carbonyl (C=O) groups is 1. The first-order chi connectivity index (χ1) is 13.8. The van der Waals surface area contributed by atoms with E-state index in [1.54, 1.807) is 31.4 Å². The van der Waals surface area contributed by atoms with E-state index in [1.165, 1.54) is 4.31 Å². The van der Waals surface area contributed by atoms with Crippen LogP contribution in [0.3, 0.4) is 0 Å². The van der Waals surface area contributed by atoms with Crippen LogP contribution in [0.5, 0.6) is 11.5 Å². The quantitative estimate of drug-likeness (QED) is 0.767. The molecule has 2 aliphatic heterocycles. The molecule has 0 amide bonds. The molecule has 29 heavy (non-hydrogen) atoms. The van der Waals surface area contributed by atoms with Crippen LogP contribution in [-0.4, -0.2) is 44.3 Å². The van der Waals surface area contributed by atoms with Gasteiger partial charge in [-0.05, 0) is 55.3 Å². The minimum atomic E-state index is -3.59. The number of Topliss-reactive ketones (excluding diaryl/α,β-unsaturated/α-hetero) is 1. The lowest BCUT2D eigenvalue weighted by atomic mass is 9.82. The molecule has 0 bridgehead atoms. The number of sulfonamides is 1. The predicted octanol–water partition coefficient (Wildman–Crippen LogP) is 3.50. The lowest BCUT2D eigenvalue weighted by Crippen LogP contribution is -2.52. The van der Waals surface area contributed by atoms with Crippen molar-refractivity contribution in [2.45, 2.75) is 43.6 Å². The van der Waals surface area contributed by atoms with Crippen molar-refractivity contribution in [2.75, 3.05) is 20.2 Å². The first-order valence-corrected chi connectivity index (χ1v) is 11.2. The Bertz CT molecular complexity index is 1050. The zero-order valence-electron chi connectivity index (χ0n) is 16.9. The number of hydrogen-bond acceptors (Lipinski definition) is 5. The van der Waals surface area contributed by atoms with Crippen molar-refractivity contribution in [3.8, 4) is 11.5 Å². The van der Waals surface area contributed by atoms with Crippen molar-refractivity contribution in [3.05, 3.63) is 53.1 Å². The summed E-state index contributed by atoms with van der Waals surface area (Å²) in [6.45, 7) is 4.60. The maximum Gasteiger partial charge on any atom is 0.243 e. The van der Waals surface area contributed by atoms with E-state index >= 15 is 0 Å². The molecule has 0 aromatic heterocycles. The van der Waals surface area contributed by atoms with Gasteiger partial charge in [0.05, 0.1) is 24.0 Å². The molecule has 0 aliphatic carbocycles. The normalized spacial score (nSPS) is 18.9. The highest BCUT2D eigenvalue weighted by Gasteiger charge is 2.45. The maximum atomic E-state index is 13.0. The number of aryl methyl sites for hydroxylation is 1. The van der Waals surface area contributed by atoms with Gasteiger partial charge in [0.25, 0.3) is 0 Å². The summed E-state index contributed by atoms with van der Waals surface area (Å²) in [4.78, 5) is 13.0. The van der Waals surface area contributed by atoms with Crippen molar-refractivity contribution >= 4 is 15.8 Å². The number of nitrogens with zero attached hydrogens (tertiary/aromatic N) is 1. The van der Waals surface area contributed by atoms with E-state index in [1.807, 2.05) is 26.0 Å². The Morgan fingerprint density at radius 3 is 2.31 bits per heavy atom. The van der Waals surface area contributed by atoms with Crippen LogP contribution in [-0.2, 0) is 10.0 Å². The molecule has 1 saturated heterocycles. The summed E-state index contributed by atoms with van der Waals surface area (Å²) in [5, 5.41) is 0. The summed E-state index contributed by atoms with van der Waals surface area (Å²) in [5.41, 5.74) is 2.05. The van der Waals surface area contributed by atoms with Crippen molar-refractivity contribution < 1.29 is 22.7 Å². The maximum absolute atomic E-state index is 13.0. The first kappa shape index (κ1) is 19.9. The van der Waals surface area contributed by atoms with Crippen LogP contribution in [0.1, 0.15) is 40.7 Å². The second-order valence-corrected chi connectivity index (χ2v) is 9.79. The molecule has 6 nitrogen and oxygen atoms in total. The van der Waals surface area contributed by atoms with Crippen LogP contribution in [0.15, 0.2) is 41.3 Å². The molecule has 0 radical (unpaired) electrons. The Morgan fingerprint density at radius 1 is 1.03 bits per heavy atom. The van der Waals surface area contributed by atoms with Crippen molar-refractivity contribution in [2.24, 2.45) is 0 Å². The van der Waals surface area contributed by atoms with Gasteiger partial charge in [-0.15, -0.1) is 0 Å². The van der Waals surface area contributed by atoms with Gasteiger partial charge in [-0.2, -0.15) is 4.31 Å². The SMILES string of the molecule is COc1ccc(S(=O)(=O)N2CCC3(CC2)CC(=O)c2ccc(C)c(C)c2O3)cc1. The molecule has 2 heterocycles. The minimum Gasteiger partial charge on any atom is -0.497 e. The van der Waals surface area contributed by atoms with E-state index in [9.17, 15) is 13.2 Å². The third-order valence-electron chi connectivity index (χ3n) is 6.11. The number of ketones is 1. The van der Waals surface area contributed by atoms with Crippen LogP contribution in [0.4, 0.5) is 0 Å². The molecular weight excluding hydrogens is 390 g/mol. The lowest BCUT2D eigenvalue weighted by molar-refractivity contribution is 0.00532. The van der Waals surface area contributed by atoms with E-state index in [4.69, 9.17) is 9.47 Å². The molecule has 2 aliphatic rings. The Labute approximate surface area is 171 Å². The van der Waals surface area contributed by atoms with Gasteiger partial charge in [0.15, 0.2) is 5.78 Å². The number of ether oxygens (including phenoxy) is 2. The number of piperidine rings is 1. The Balaban J connectivity index is 1.54. The third kappa shape index (κ3) is 3.42. The first-order valence-electron chi connectivity index (χ1n) is 9.72. The van der Waals surface area contributed by atoms with Gasteiger partial charge in [-0.25, -0.2) is 8.42 Å². The highest BCUT2D eigenvalue weighted by molar-refractivity contribution is 7.89. The Hall–Kier alpha value is -2.38. The van der Waals surface area contributed by atoms with Gasteiger partial charge < -0.3 is 9.47 Å². The van der Waals surface area contributed by atoms with E-state index in [0.717, 1.165) is 11.1 Å². The smallest absolute Gasteiger partial charge is 0.243 e. The van der Waals surface area contributed by atoms with Crippen LogP contribution in [0, 0.1) is 13.8 Å². The molecule has 0 saturated carbocycles. The fraction of sp³-hybridized carbons (Fsp3) is 0.409. The molecule has 1 fully saturated rings. The highest BCUT2D eigenvalue weighted by atomic mass is 32.2. The molecular formula is C22H25NO5S. The molecule has 2 aromatic carbocycles. The summed E-state index contributed by atoms with van der Waals surface area (Å²) in [6, 6.07) is 10.2. The number of rotatable bonds is 3. The summed E-state index contributed by atoms with van der Waals surface area (Å²) in [6.07, 6.45) is 1.26. The highest BCUT2D eigenvalue weighted by Crippen LogP contribution is 2.42. The third-order valence-corrected chi connectivity index (χ3v) is 8.02. The van der Waals surface area contributed by atoms with Crippen molar-refractivity contribution in [3.63, 3.8) is 0 Å². The summed E-state index contributed by atoms with van der Waals surface area (Å²) < 4.78 is 39.0. The van der Waals surface area contributed by atoms with Crippen LogP contribution >= 0.6 is 0 Å². The lowest BCUT2D eigenvalue weighted by Gasteiger charge is -2.44. The molecule has 7 heteroatoms. The topological polar surface area (TPSA) is 72.9 Å². The monoisotopic (exact) mass is 415 g/mol. The second-order valence-electron chi connectivity index (χ2n) is 7.85. The van der Waals surface area contributed by atoms with Crippen molar-refractivity contribution in [1.82, 2.24) is 4.31 Å². The molecule has 4 rings (SSSR count). The molecule has 1 spiro atoms. The van der Waals surface area contributed by atoms with Gasteiger partial charge >= 0.3 is 0 Å². The van der Waals surface area contributed by atoms with Gasteiger partial charge in [0.2, 0.25) is 10.0 Å². The standard InChI is InChI=1S/C22H25NO5S/c1-15-4-9-19-20(24)14-22(28-21(19)16(15)2)10-12-23(13-11-22)29(25,26)18-7-5-17(27-3)6-8-18/h4-9H,10-14H2,1-3H3. The Morgan fingerprint density at radius 2 is 1.69 bits per heavy atom. The fourth-order valence-corrected chi connectivity index (χ4v) is 5.53. The summed E-state index contributed by atoms with van der Waals surface area (Å²) in [5.74, 6) is 1.34. The van der Waals surface area contributed by atoms with E-state index in [0.29, 0.717) is 49.4 Å². The fourth-order valence-electron chi connectivity index (χ4n) is 4.09. The molecule has 0 atom stereocenters. The molecule has 154 valence electrons. The minimum absolute atomic E-state index is 0.0702. The average Bonchev–Trinajstić information content (AvgIpc) is 2.71. The van der Waals surface area contributed by atoms with E-state index in [-0.39, 0.29) is 10.7 Å². The van der Waals surface area contributed by atoms with E-state index in [2.05, 4.69) is 0 Å². The zero-order valence-corrected chi connectivity index (χ0v) is 17.7. The molecule has 2 aromatic rings. The number of carbonyl (C=O) groups excluding carboxylic acids is 1. The summed E-state index contributed by atoms with van der Waals surface area (Å²) >= 11 is 0. The van der Waals surface area contributed by atoms with E-state index < -0.39 is 15.6 Å². The van der Waals surface area contributed by atoms with Crippen molar-refractivity contribution in [1.29, 1.82) is 0 Å². The van der Waals surface area contributed by atoms with Gasteiger partial charge in [-0.3, -0.25) is 4.79 Å². The number of hydrogen-bond donors (Lipinski definition) is 0. The average molecular weight is 416 g/mol.